The lowest BCUT2D eigenvalue weighted by Crippen LogP contribution is -1.97. The molecule has 0 spiro atoms. The molecule has 0 unspecified atom stereocenters. The maximum atomic E-state index is 6.36. The Kier molecular flexibility index (Phi) is 7.42. The van der Waals surface area contributed by atoms with Gasteiger partial charge in [-0.25, -0.2) is 9.97 Å². The highest BCUT2D eigenvalue weighted by atomic mass is 16.3. The van der Waals surface area contributed by atoms with Crippen LogP contribution in [0.25, 0.3) is 111 Å². The van der Waals surface area contributed by atoms with Gasteiger partial charge in [0.25, 0.3) is 0 Å². The first kappa shape index (κ1) is 31.9. The zero-order valence-corrected chi connectivity index (χ0v) is 30.1. The predicted molar refractivity (Wildman–Crippen MR) is 227 cm³/mol. The van der Waals surface area contributed by atoms with Gasteiger partial charge in [-0.15, -0.1) is 0 Å². The molecule has 4 aromatic heterocycles. The SMILES string of the molecule is c1ccc(-c2nc(-c3cccc(-c4cccnc4)c3)cc(-c3cc(-c4ccc5c(c4)oc4ccccc45)cc(-c4ccc5c(c4)oc4ccccc45)c3)n2)cc1. The molecule has 0 N–H and O–H groups in total. The van der Waals surface area contributed by atoms with E-state index in [0.29, 0.717) is 5.82 Å². The molecule has 0 aliphatic rings. The maximum absolute atomic E-state index is 6.36. The van der Waals surface area contributed by atoms with E-state index in [0.717, 1.165) is 105 Å². The minimum absolute atomic E-state index is 0.657. The lowest BCUT2D eigenvalue weighted by atomic mass is 9.93. The van der Waals surface area contributed by atoms with E-state index in [1.54, 1.807) is 6.20 Å². The van der Waals surface area contributed by atoms with Crippen molar-refractivity contribution in [3.05, 3.63) is 188 Å². The van der Waals surface area contributed by atoms with Gasteiger partial charge in [0.2, 0.25) is 0 Å². The lowest BCUT2D eigenvalue weighted by Gasteiger charge is -2.14. The Hall–Kier alpha value is -7.63. The number of hydrogen-bond acceptors (Lipinski definition) is 5. The second kappa shape index (κ2) is 13.0. The van der Waals surface area contributed by atoms with Gasteiger partial charge in [-0.3, -0.25) is 4.98 Å². The second-order valence-corrected chi connectivity index (χ2v) is 14.1. The summed E-state index contributed by atoms with van der Waals surface area (Å²) in [5.41, 5.74) is 14.3. The van der Waals surface area contributed by atoms with Crippen LogP contribution >= 0.6 is 0 Å². The van der Waals surface area contributed by atoms with Crippen molar-refractivity contribution >= 4 is 43.9 Å². The zero-order chi connectivity index (χ0) is 37.0. The highest BCUT2D eigenvalue weighted by Crippen LogP contribution is 2.39. The molecule has 0 amide bonds. The van der Waals surface area contributed by atoms with Crippen LogP contribution in [0.1, 0.15) is 0 Å². The third kappa shape index (κ3) is 5.62. The number of fused-ring (bicyclic) bond motifs is 6. The van der Waals surface area contributed by atoms with E-state index in [1.165, 1.54) is 0 Å². The molecule has 4 heterocycles. The van der Waals surface area contributed by atoms with Gasteiger partial charge in [-0.05, 0) is 101 Å². The summed E-state index contributed by atoms with van der Waals surface area (Å²) < 4.78 is 12.7. The highest BCUT2D eigenvalue weighted by molar-refractivity contribution is 6.07. The summed E-state index contributed by atoms with van der Waals surface area (Å²) in [6, 6.07) is 60.8. The number of hydrogen-bond donors (Lipinski definition) is 0. The summed E-state index contributed by atoms with van der Waals surface area (Å²) in [6.07, 6.45) is 3.68. The number of benzene rings is 7. The number of pyridine rings is 1. The number of nitrogens with zero attached hydrogens (tertiary/aromatic N) is 3. The molecule has 11 rings (SSSR count). The normalized spacial score (nSPS) is 11.6. The van der Waals surface area contributed by atoms with Gasteiger partial charge >= 0.3 is 0 Å². The van der Waals surface area contributed by atoms with Crippen LogP contribution < -0.4 is 0 Å². The van der Waals surface area contributed by atoms with Crippen molar-refractivity contribution in [1.29, 1.82) is 0 Å². The Labute approximate surface area is 322 Å². The van der Waals surface area contributed by atoms with Crippen molar-refractivity contribution < 1.29 is 8.83 Å². The molecule has 0 saturated carbocycles. The van der Waals surface area contributed by atoms with E-state index < -0.39 is 0 Å². The molecule has 56 heavy (non-hydrogen) atoms. The third-order valence-electron chi connectivity index (χ3n) is 10.6. The van der Waals surface area contributed by atoms with Crippen LogP contribution in [0.3, 0.4) is 0 Å². The Morgan fingerprint density at radius 1 is 0.304 bits per heavy atom. The van der Waals surface area contributed by atoms with E-state index in [4.69, 9.17) is 18.8 Å². The summed E-state index contributed by atoms with van der Waals surface area (Å²) >= 11 is 0. The molecular weight excluding hydrogens is 687 g/mol. The van der Waals surface area contributed by atoms with Crippen LogP contribution in [0.5, 0.6) is 0 Å². The molecule has 0 saturated heterocycles. The molecule has 11 aromatic rings. The quantitative estimate of drug-likeness (QED) is 0.171. The minimum atomic E-state index is 0.657. The van der Waals surface area contributed by atoms with Crippen LogP contribution in [-0.4, -0.2) is 15.0 Å². The Balaban J connectivity index is 1.12. The van der Waals surface area contributed by atoms with Gasteiger partial charge in [0.05, 0.1) is 11.4 Å². The van der Waals surface area contributed by atoms with Crippen LogP contribution in [-0.2, 0) is 0 Å². The summed E-state index contributed by atoms with van der Waals surface area (Å²) in [5, 5.41) is 4.41. The average molecular weight is 718 g/mol. The molecular formula is C51H31N3O2. The smallest absolute Gasteiger partial charge is 0.160 e. The number of aromatic nitrogens is 3. The monoisotopic (exact) mass is 717 g/mol. The van der Waals surface area contributed by atoms with Crippen LogP contribution in [0.2, 0.25) is 0 Å². The molecule has 5 nitrogen and oxygen atoms in total. The fourth-order valence-electron chi connectivity index (χ4n) is 7.77. The molecule has 0 fully saturated rings. The summed E-state index contributed by atoms with van der Waals surface area (Å²) in [4.78, 5) is 14.8. The number of furan rings is 2. The van der Waals surface area contributed by atoms with Gasteiger partial charge in [0, 0.05) is 56.2 Å². The molecule has 0 aliphatic heterocycles. The number of rotatable bonds is 6. The third-order valence-corrected chi connectivity index (χ3v) is 10.6. The van der Waals surface area contributed by atoms with E-state index in [9.17, 15) is 0 Å². The van der Waals surface area contributed by atoms with Crippen LogP contribution in [0, 0.1) is 0 Å². The average Bonchev–Trinajstić information content (AvgIpc) is 3.84. The first-order valence-corrected chi connectivity index (χ1v) is 18.6. The van der Waals surface area contributed by atoms with E-state index in [2.05, 4.69) is 132 Å². The zero-order valence-electron chi connectivity index (χ0n) is 30.1. The van der Waals surface area contributed by atoms with Crippen molar-refractivity contribution in [2.45, 2.75) is 0 Å². The van der Waals surface area contributed by atoms with E-state index in [1.807, 2.05) is 54.7 Å². The molecule has 0 aliphatic carbocycles. The lowest BCUT2D eigenvalue weighted by molar-refractivity contribution is 0.668. The van der Waals surface area contributed by atoms with Gasteiger partial charge in [-0.2, -0.15) is 0 Å². The van der Waals surface area contributed by atoms with E-state index in [-0.39, 0.29) is 0 Å². The Bertz CT molecular complexity index is 3120. The fourth-order valence-corrected chi connectivity index (χ4v) is 7.77. The molecule has 5 heteroatoms. The predicted octanol–water partition coefficient (Wildman–Crippen LogP) is 13.7. The van der Waals surface area contributed by atoms with Gasteiger partial charge in [0.1, 0.15) is 22.3 Å². The first-order chi connectivity index (χ1) is 27.7. The summed E-state index contributed by atoms with van der Waals surface area (Å²) in [5.74, 6) is 0.657. The summed E-state index contributed by atoms with van der Waals surface area (Å²) in [7, 11) is 0. The van der Waals surface area contributed by atoms with Crippen molar-refractivity contribution in [1.82, 2.24) is 15.0 Å². The van der Waals surface area contributed by atoms with E-state index >= 15 is 0 Å². The highest BCUT2D eigenvalue weighted by Gasteiger charge is 2.16. The second-order valence-electron chi connectivity index (χ2n) is 14.1. The van der Waals surface area contributed by atoms with Crippen LogP contribution in [0.4, 0.5) is 0 Å². The van der Waals surface area contributed by atoms with Crippen LogP contribution in [0.15, 0.2) is 197 Å². The largest absolute Gasteiger partial charge is 0.456 e. The molecule has 262 valence electrons. The standard InChI is InChI=1S/C51H31N3O2/c1-2-10-32(11-3-1)51-53-45(36-13-8-12-33(24-36)37-14-9-23-52-31-37)30-46(54-51)40-26-38(34-19-21-43-41-15-4-6-17-47(41)55-49(43)28-34)25-39(27-40)35-20-22-44-42-16-5-7-18-48(42)56-50(44)29-35/h1-31H. The first-order valence-electron chi connectivity index (χ1n) is 18.6. The molecule has 0 bridgehead atoms. The Morgan fingerprint density at radius 2 is 0.804 bits per heavy atom. The molecule has 7 aromatic carbocycles. The van der Waals surface area contributed by atoms with Crippen molar-refractivity contribution in [2.75, 3.05) is 0 Å². The van der Waals surface area contributed by atoms with Crippen molar-refractivity contribution in [3.63, 3.8) is 0 Å². The minimum Gasteiger partial charge on any atom is -0.456 e. The maximum Gasteiger partial charge on any atom is 0.160 e. The Morgan fingerprint density at radius 3 is 1.45 bits per heavy atom. The van der Waals surface area contributed by atoms with Gasteiger partial charge < -0.3 is 8.83 Å². The topological polar surface area (TPSA) is 65.0 Å². The summed E-state index contributed by atoms with van der Waals surface area (Å²) in [6.45, 7) is 0. The van der Waals surface area contributed by atoms with Gasteiger partial charge in [0.15, 0.2) is 5.82 Å². The molecule has 0 radical (unpaired) electrons. The number of para-hydroxylation sites is 2. The van der Waals surface area contributed by atoms with Crippen molar-refractivity contribution in [2.24, 2.45) is 0 Å². The van der Waals surface area contributed by atoms with Crippen molar-refractivity contribution in [3.8, 4) is 67.3 Å². The fraction of sp³-hybridized carbons (Fsp3) is 0. The molecule has 0 atom stereocenters. The van der Waals surface area contributed by atoms with Gasteiger partial charge in [-0.1, -0.05) is 103 Å².